The van der Waals surface area contributed by atoms with Crippen molar-refractivity contribution in [3.8, 4) is 0 Å². The number of carbonyl (C=O) groups excluding carboxylic acids is 2. The van der Waals surface area contributed by atoms with Crippen LogP contribution in [0.4, 0.5) is 16.2 Å². The number of isothiocyanates is 1. The van der Waals surface area contributed by atoms with Crippen molar-refractivity contribution < 1.29 is 19.4 Å². The number of nitrogens with zero attached hydrogens (tertiary/aromatic N) is 4. The summed E-state index contributed by atoms with van der Waals surface area (Å²) >= 11 is 4.53. The molecule has 0 bridgehead atoms. The Kier molecular flexibility index (Phi) is 5.82. The van der Waals surface area contributed by atoms with Gasteiger partial charge >= 0.3 is 6.09 Å². The molecule has 1 aromatic rings. The molecule has 1 N–H and O–H groups in total. The Balaban J connectivity index is 1.60. The number of rotatable bonds is 5. The maximum Gasteiger partial charge on any atom is 0.414 e. The minimum absolute atomic E-state index is 0.236. The molecule has 2 aliphatic heterocycles. The molecule has 8 nitrogen and oxygen atoms in total. The third-order valence-corrected chi connectivity index (χ3v) is 4.66. The van der Waals surface area contributed by atoms with Crippen LogP contribution < -0.4 is 9.80 Å². The van der Waals surface area contributed by atoms with Gasteiger partial charge in [0.15, 0.2) is 0 Å². The lowest BCUT2D eigenvalue weighted by atomic mass is 10.2. The minimum Gasteiger partial charge on any atom is -0.442 e. The van der Waals surface area contributed by atoms with Crippen molar-refractivity contribution in [1.29, 1.82) is 0 Å². The fraction of sp³-hybridized carbons (Fsp3) is 0.471. The van der Waals surface area contributed by atoms with Crippen molar-refractivity contribution in [2.75, 3.05) is 55.7 Å². The van der Waals surface area contributed by atoms with Crippen LogP contribution in [-0.4, -0.2) is 79.1 Å². The second-order valence-corrected chi connectivity index (χ2v) is 6.27. The summed E-state index contributed by atoms with van der Waals surface area (Å²) in [5.74, 6) is -0.236. The van der Waals surface area contributed by atoms with E-state index in [4.69, 9.17) is 9.84 Å². The summed E-state index contributed by atoms with van der Waals surface area (Å²) in [5.41, 5.74) is 1.79. The van der Waals surface area contributed by atoms with E-state index in [1.807, 2.05) is 24.3 Å². The number of hydrogen-bond acceptors (Lipinski definition) is 7. The van der Waals surface area contributed by atoms with E-state index in [0.29, 0.717) is 39.3 Å². The molecule has 0 aliphatic carbocycles. The molecule has 26 heavy (non-hydrogen) atoms. The molecule has 0 aromatic heterocycles. The van der Waals surface area contributed by atoms with Crippen LogP contribution in [0, 0.1) is 0 Å². The van der Waals surface area contributed by atoms with E-state index in [-0.39, 0.29) is 12.0 Å². The molecule has 0 radical (unpaired) electrons. The second kappa shape index (κ2) is 8.27. The highest BCUT2D eigenvalue weighted by Gasteiger charge is 2.32. The standard InChI is InChI=1S/C17H20N4O4S/c22-11-16(23)20-7-5-19(6-8-20)13-1-3-14(4-2-13)21-10-15(9-18-12-26)25-17(21)24/h1-4,15,22H,5-11H2. The van der Waals surface area contributed by atoms with Gasteiger partial charge in [-0.15, -0.1) is 0 Å². The van der Waals surface area contributed by atoms with Crippen LogP contribution in [0.5, 0.6) is 0 Å². The zero-order valence-corrected chi connectivity index (χ0v) is 15.0. The molecule has 2 saturated heterocycles. The molecular weight excluding hydrogens is 356 g/mol. The number of carbonyl (C=O) groups is 2. The van der Waals surface area contributed by atoms with Crippen molar-refractivity contribution in [2.45, 2.75) is 6.10 Å². The summed E-state index contributed by atoms with van der Waals surface area (Å²) in [7, 11) is 0. The first-order valence-corrected chi connectivity index (χ1v) is 8.78. The summed E-state index contributed by atoms with van der Waals surface area (Å²) in [5, 5.41) is 11.2. The molecule has 9 heteroatoms. The van der Waals surface area contributed by atoms with E-state index in [1.54, 1.807) is 9.80 Å². The fourth-order valence-corrected chi connectivity index (χ4v) is 3.20. The molecule has 1 aromatic carbocycles. The van der Waals surface area contributed by atoms with Crippen molar-refractivity contribution in [2.24, 2.45) is 4.99 Å². The van der Waals surface area contributed by atoms with Gasteiger partial charge in [-0.05, 0) is 36.5 Å². The van der Waals surface area contributed by atoms with Gasteiger partial charge in [-0.2, -0.15) is 0 Å². The number of aliphatic imine (C=N–C) groups is 1. The average Bonchev–Trinajstić information content (AvgIpc) is 3.06. The number of ether oxygens (including phenoxy) is 1. The van der Waals surface area contributed by atoms with Crippen molar-refractivity contribution in [3.05, 3.63) is 24.3 Å². The Morgan fingerprint density at radius 1 is 1.23 bits per heavy atom. The van der Waals surface area contributed by atoms with Gasteiger partial charge in [0.25, 0.3) is 0 Å². The molecule has 2 fully saturated rings. The Labute approximate surface area is 156 Å². The zero-order chi connectivity index (χ0) is 18.5. The highest BCUT2D eigenvalue weighted by atomic mass is 32.1. The van der Waals surface area contributed by atoms with Crippen LogP contribution in [0.2, 0.25) is 0 Å². The van der Waals surface area contributed by atoms with E-state index >= 15 is 0 Å². The normalized spacial score (nSPS) is 20.0. The van der Waals surface area contributed by atoms with Crippen LogP contribution in [-0.2, 0) is 9.53 Å². The van der Waals surface area contributed by atoms with Gasteiger partial charge in [0.05, 0.1) is 18.3 Å². The monoisotopic (exact) mass is 376 g/mol. The quantitative estimate of drug-likeness (QED) is 0.603. The van der Waals surface area contributed by atoms with Crippen LogP contribution in [0.15, 0.2) is 29.3 Å². The highest BCUT2D eigenvalue weighted by Crippen LogP contribution is 2.25. The lowest BCUT2D eigenvalue weighted by molar-refractivity contribution is -0.134. The fourth-order valence-electron chi connectivity index (χ4n) is 3.12. The van der Waals surface area contributed by atoms with Gasteiger partial charge in [0.2, 0.25) is 5.91 Å². The predicted octanol–water partition coefficient (Wildman–Crippen LogP) is 0.755. The maximum absolute atomic E-state index is 12.0. The maximum atomic E-state index is 12.0. The number of piperazine rings is 1. The molecule has 1 unspecified atom stereocenters. The van der Waals surface area contributed by atoms with Gasteiger partial charge in [-0.25, -0.2) is 9.79 Å². The Bertz CT molecular complexity index is 712. The summed E-state index contributed by atoms with van der Waals surface area (Å²) in [6.07, 6.45) is -0.701. The van der Waals surface area contributed by atoms with Crippen molar-refractivity contribution in [1.82, 2.24) is 4.90 Å². The first-order chi connectivity index (χ1) is 12.6. The molecular formula is C17H20N4O4S. The number of benzene rings is 1. The van der Waals surface area contributed by atoms with E-state index in [1.165, 1.54) is 0 Å². The van der Waals surface area contributed by atoms with Crippen molar-refractivity contribution >= 4 is 40.8 Å². The number of amides is 2. The van der Waals surface area contributed by atoms with Gasteiger partial charge in [0, 0.05) is 37.6 Å². The Morgan fingerprint density at radius 3 is 2.50 bits per heavy atom. The molecule has 0 spiro atoms. The topological polar surface area (TPSA) is 85.7 Å². The lowest BCUT2D eigenvalue weighted by Crippen LogP contribution is -2.49. The van der Waals surface area contributed by atoms with Gasteiger partial charge in [-0.1, -0.05) is 0 Å². The number of aliphatic hydroxyl groups excluding tert-OH is 1. The van der Waals surface area contributed by atoms with E-state index < -0.39 is 12.7 Å². The van der Waals surface area contributed by atoms with Crippen molar-refractivity contribution in [3.63, 3.8) is 0 Å². The molecule has 2 heterocycles. The smallest absolute Gasteiger partial charge is 0.414 e. The summed E-state index contributed by atoms with van der Waals surface area (Å²) < 4.78 is 5.26. The predicted molar refractivity (Wildman–Crippen MR) is 99.8 cm³/mol. The number of cyclic esters (lactones) is 1. The van der Waals surface area contributed by atoms with Gasteiger partial charge < -0.3 is 19.6 Å². The SMILES string of the molecule is O=C(CO)N1CCN(c2ccc(N3CC(CN=C=S)OC3=O)cc2)CC1. The zero-order valence-electron chi connectivity index (χ0n) is 14.2. The third kappa shape index (κ3) is 4.01. The van der Waals surface area contributed by atoms with Crippen LogP contribution in [0.25, 0.3) is 0 Å². The van der Waals surface area contributed by atoms with E-state index in [9.17, 15) is 9.59 Å². The summed E-state index contributed by atoms with van der Waals surface area (Å²) in [6.45, 7) is 2.88. The van der Waals surface area contributed by atoms with Crippen LogP contribution in [0.1, 0.15) is 0 Å². The number of anilines is 2. The Hall–Kier alpha value is -2.48. The lowest BCUT2D eigenvalue weighted by Gasteiger charge is -2.36. The van der Waals surface area contributed by atoms with Gasteiger partial charge in [-0.3, -0.25) is 9.69 Å². The van der Waals surface area contributed by atoms with E-state index in [2.05, 4.69) is 27.3 Å². The summed E-state index contributed by atoms with van der Waals surface area (Å²) in [6, 6.07) is 7.67. The first-order valence-electron chi connectivity index (χ1n) is 8.38. The van der Waals surface area contributed by atoms with Crippen LogP contribution >= 0.6 is 12.2 Å². The van der Waals surface area contributed by atoms with Gasteiger partial charge in [0.1, 0.15) is 12.7 Å². The van der Waals surface area contributed by atoms with E-state index in [0.717, 1.165) is 11.4 Å². The average molecular weight is 376 g/mol. The number of hydrogen-bond donors (Lipinski definition) is 1. The second-order valence-electron chi connectivity index (χ2n) is 6.09. The number of aliphatic hydroxyl groups is 1. The third-order valence-electron chi connectivity index (χ3n) is 4.53. The molecule has 2 amide bonds. The molecule has 2 aliphatic rings. The highest BCUT2D eigenvalue weighted by molar-refractivity contribution is 7.78. The first kappa shape index (κ1) is 18.3. The molecule has 3 rings (SSSR count). The molecule has 138 valence electrons. The largest absolute Gasteiger partial charge is 0.442 e. The molecule has 1 atom stereocenters. The summed E-state index contributed by atoms with van der Waals surface area (Å²) in [4.78, 5) is 32.8. The number of thiocarbonyl (C=S) groups is 1. The minimum atomic E-state index is -0.447. The van der Waals surface area contributed by atoms with Crippen LogP contribution in [0.3, 0.4) is 0 Å². The Morgan fingerprint density at radius 2 is 1.88 bits per heavy atom. The molecule has 0 saturated carbocycles.